The monoisotopic (exact) mass is 386 g/mol. The third-order valence-electron chi connectivity index (χ3n) is 4.22. The minimum atomic E-state index is -0.693. The Kier molecular flexibility index (Phi) is 6.08. The van der Waals surface area contributed by atoms with Gasteiger partial charge in [0.05, 0.1) is 0 Å². The van der Waals surface area contributed by atoms with Crippen molar-refractivity contribution in [1.29, 1.82) is 0 Å². The molecule has 2 N–H and O–H groups in total. The van der Waals surface area contributed by atoms with Crippen LogP contribution in [0.15, 0.2) is 60.9 Å². The maximum absolute atomic E-state index is 14.3. The predicted molar refractivity (Wildman–Crippen MR) is 103 cm³/mol. The number of aryl methyl sites for hydroxylation is 1. The van der Waals surface area contributed by atoms with Crippen molar-refractivity contribution in [2.75, 3.05) is 6.54 Å². The van der Waals surface area contributed by atoms with Gasteiger partial charge in [-0.15, -0.1) is 0 Å². The van der Waals surface area contributed by atoms with Crippen LogP contribution in [0.25, 0.3) is 0 Å². The summed E-state index contributed by atoms with van der Waals surface area (Å²) in [6, 6.07) is 12.7. The number of halogens is 2. The van der Waals surface area contributed by atoms with Gasteiger partial charge in [-0.3, -0.25) is 0 Å². The second-order valence-electron chi connectivity index (χ2n) is 6.13. The van der Waals surface area contributed by atoms with E-state index in [2.05, 4.69) is 15.6 Å². The average Bonchev–Trinajstić information content (AvgIpc) is 3.08. The lowest BCUT2D eigenvalue weighted by Gasteiger charge is -2.20. The Morgan fingerprint density at radius 3 is 2.63 bits per heavy atom. The molecule has 0 saturated heterocycles. The van der Waals surface area contributed by atoms with Gasteiger partial charge in [0.25, 0.3) is 0 Å². The number of benzene rings is 2. The van der Waals surface area contributed by atoms with E-state index in [0.29, 0.717) is 29.4 Å². The van der Waals surface area contributed by atoms with Gasteiger partial charge in [0, 0.05) is 36.6 Å². The molecular formula is C20H20ClFN4O. The average molecular weight is 387 g/mol. The van der Waals surface area contributed by atoms with Crippen LogP contribution in [0.2, 0.25) is 5.02 Å². The number of nitrogens with zero attached hydrogens (tertiary/aromatic N) is 2. The lowest BCUT2D eigenvalue weighted by molar-refractivity contribution is 0.238. The number of hydrogen-bond donors (Lipinski definition) is 2. The molecule has 2 amide bonds. The summed E-state index contributed by atoms with van der Waals surface area (Å²) in [6.45, 7) is 0.442. The quantitative estimate of drug-likeness (QED) is 0.676. The van der Waals surface area contributed by atoms with Crippen LogP contribution in [-0.2, 0) is 13.5 Å². The smallest absolute Gasteiger partial charge is 0.315 e. The van der Waals surface area contributed by atoms with Crippen LogP contribution in [0, 0.1) is 5.82 Å². The molecule has 0 aliphatic carbocycles. The normalized spacial score (nSPS) is 11.8. The molecule has 0 saturated carbocycles. The molecule has 27 heavy (non-hydrogen) atoms. The van der Waals surface area contributed by atoms with E-state index in [1.807, 2.05) is 24.3 Å². The summed E-state index contributed by atoms with van der Waals surface area (Å²) in [7, 11) is 1.80. The van der Waals surface area contributed by atoms with Crippen molar-refractivity contribution < 1.29 is 9.18 Å². The van der Waals surface area contributed by atoms with Gasteiger partial charge in [0.1, 0.15) is 17.7 Å². The van der Waals surface area contributed by atoms with Crippen molar-refractivity contribution in [1.82, 2.24) is 20.2 Å². The number of imidazole rings is 1. The maximum Gasteiger partial charge on any atom is 0.315 e. The van der Waals surface area contributed by atoms with E-state index < -0.39 is 11.9 Å². The van der Waals surface area contributed by atoms with Gasteiger partial charge in [-0.05, 0) is 30.2 Å². The molecule has 2 aromatic carbocycles. The van der Waals surface area contributed by atoms with Crippen molar-refractivity contribution in [2.24, 2.45) is 7.05 Å². The molecule has 0 fully saturated rings. The SMILES string of the molecule is Cn1ccnc1C(NC(=O)NCCc1ccc(Cl)cc1)c1ccccc1F. The highest BCUT2D eigenvalue weighted by molar-refractivity contribution is 6.30. The standard InChI is InChI=1S/C20H20ClFN4O/c1-26-13-12-23-19(26)18(16-4-2-3-5-17(16)22)25-20(27)24-11-10-14-6-8-15(21)9-7-14/h2-9,12-13,18H,10-11H2,1H3,(H2,24,25,27). The number of amides is 2. The fraction of sp³-hybridized carbons (Fsp3) is 0.200. The molecule has 0 aliphatic heterocycles. The molecule has 1 heterocycles. The van der Waals surface area contributed by atoms with Crippen LogP contribution >= 0.6 is 11.6 Å². The van der Waals surface area contributed by atoms with Gasteiger partial charge >= 0.3 is 6.03 Å². The Morgan fingerprint density at radius 2 is 1.96 bits per heavy atom. The van der Waals surface area contributed by atoms with Crippen molar-refractivity contribution in [3.05, 3.63) is 88.7 Å². The lowest BCUT2D eigenvalue weighted by atomic mass is 10.1. The summed E-state index contributed by atoms with van der Waals surface area (Å²) < 4.78 is 16.1. The summed E-state index contributed by atoms with van der Waals surface area (Å²) in [6.07, 6.45) is 4.03. The highest BCUT2D eigenvalue weighted by Crippen LogP contribution is 2.22. The molecule has 3 aromatic rings. The first-order chi connectivity index (χ1) is 13.0. The molecular weight excluding hydrogens is 367 g/mol. The zero-order valence-corrected chi connectivity index (χ0v) is 15.6. The van der Waals surface area contributed by atoms with E-state index in [1.165, 1.54) is 6.07 Å². The molecule has 7 heteroatoms. The van der Waals surface area contributed by atoms with Gasteiger partial charge in [0.2, 0.25) is 0 Å². The molecule has 1 unspecified atom stereocenters. The van der Waals surface area contributed by atoms with Gasteiger partial charge in [-0.1, -0.05) is 41.9 Å². The molecule has 1 atom stereocenters. The van der Waals surface area contributed by atoms with Crippen molar-refractivity contribution in [2.45, 2.75) is 12.5 Å². The molecule has 0 bridgehead atoms. The molecule has 140 valence electrons. The summed E-state index contributed by atoms with van der Waals surface area (Å²) in [5.74, 6) is 0.153. The first-order valence-electron chi connectivity index (χ1n) is 8.55. The van der Waals surface area contributed by atoms with Crippen LogP contribution in [0.1, 0.15) is 23.0 Å². The fourth-order valence-corrected chi connectivity index (χ4v) is 2.93. The van der Waals surface area contributed by atoms with Crippen LogP contribution in [-0.4, -0.2) is 22.1 Å². The summed E-state index contributed by atoms with van der Waals surface area (Å²) in [5.41, 5.74) is 1.43. The summed E-state index contributed by atoms with van der Waals surface area (Å²) in [5, 5.41) is 6.30. The molecule has 5 nitrogen and oxygen atoms in total. The first-order valence-corrected chi connectivity index (χ1v) is 8.93. The Hall–Kier alpha value is -2.86. The largest absolute Gasteiger partial charge is 0.338 e. The topological polar surface area (TPSA) is 59.0 Å². The van der Waals surface area contributed by atoms with Gasteiger partial charge in [0.15, 0.2) is 0 Å². The Bertz CT molecular complexity index is 910. The third kappa shape index (κ3) is 4.86. The number of hydrogen-bond acceptors (Lipinski definition) is 2. The molecule has 1 aromatic heterocycles. The van der Waals surface area contributed by atoms with E-state index >= 15 is 0 Å². The predicted octanol–water partition coefficient (Wildman–Crippen LogP) is 3.84. The second-order valence-corrected chi connectivity index (χ2v) is 6.56. The van der Waals surface area contributed by atoms with E-state index in [4.69, 9.17) is 11.6 Å². The Balaban J connectivity index is 1.67. The number of aromatic nitrogens is 2. The van der Waals surface area contributed by atoms with E-state index in [1.54, 1.807) is 42.2 Å². The van der Waals surface area contributed by atoms with Crippen LogP contribution in [0.3, 0.4) is 0 Å². The number of nitrogens with one attached hydrogen (secondary N) is 2. The molecule has 0 spiro atoms. The third-order valence-corrected chi connectivity index (χ3v) is 4.47. The zero-order valence-electron chi connectivity index (χ0n) is 14.8. The number of carbonyl (C=O) groups is 1. The second kappa shape index (κ2) is 8.68. The van der Waals surface area contributed by atoms with E-state index in [9.17, 15) is 9.18 Å². The Morgan fingerprint density at radius 1 is 1.22 bits per heavy atom. The number of rotatable bonds is 6. The van der Waals surface area contributed by atoms with Crippen LogP contribution in [0.5, 0.6) is 0 Å². The van der Waals surface area contributed by atoms with Crippen molar-refractivity contribution >= 4 is 17.6 Å². The highest BCUT2D eigenvalue weighted by Gasteiger charge is 2.23. The van der Waals surface area contributed by atoms with Crippen LogP contribution in [0.4, 0.5) is 9.18 Å². The van der Waals surface area contributed by atoms with E-state index in [0.717, 1.165) is 5.56 Å². The van der Waals surface area contributed by atoms with Crippen molar-refractivity contribution in [3.8, 4) is 0 Å². The minimum absolute atomic E-state index is 0.361. The fourth-order valence-electron chi connectivity index (χ4n) is 2.80. The molecule has 0 aliphatic rings. The summed E-state index contributed by atoms with van der Waals surface area (Å²) in [4.78, 5) is 16.7. The number of carbonyl (C=O) groups excluding carboxylic acids is 1. The minimum Gasteiger partial charge on any atom is -0.338 e. The van der Waals surface area contributed by atoms with Gasteiger partial charge in [-0.2, -0.15) is 0 Å². The van der Waals surface area contributed by atoms with Gasteiger partial charge in [-0.25, -0.2) is 14.2 Å². The summed E-state index contributed by atoms with van der Waals surface area (Å²) >= 11 is 5.87. The molecule has 0 radical (unpaired) electrons. The maximum atomic E-state index is 14.3. The van der Waals surface area contributed by atoms with Crippen molar-refractivity contribution in [3.63, 3.8) is 0 Å². The number of urea groups is 1. The van der Waals surface area contributed by atoms with Crippen LogP contribution < -0.4 is 10.6 Å². The van der Waals surface area contributed by atoms with Gasteiger partial charge < -0.3 is 15.2 Å². The lowest BCUT2D eigenvalue weighted by Crippen LogP contribution is -2.40. The molecule has 3 rings (SSSR count). The first kappa shape index (κ1) is 18.9. The Labute approximate surface area is 162 Å². The highest BCUT2D eigenvalue weighted by atomic mass is 35.5. The van der Waals surface area contributed by atoms with E-state index in [-0.39, 0.29) is 6.03 Å². The zero-order chi connectivity index (χ0) is 19.2.